The van der Waals surface area contributed by atoms with Gasteiger partial charge in [-0.05, 0) is 48.7 Å². The number of anilines is 1. The van der Waals surface area contributed by atoms with E-state index in [9.17, 15) is 4.79 Å². The van der Waals surface area contributed by atoms with Crippen LogP contribution in [0.1, 0.15) is 16.1 Å². The van der Waals surface area contributed by atoms with E-state index >= 15 is 0 Å². The van der Waals surface area contributed by atoms with Crippen LogP contribution in [-0.4, -0.2) is 47.5 Å². The van der Waals surface area contributed by atoms with Crippen molar-refractivity contribution >= 4 is 22.5 Å². The molecule has 3 heterocycles. The molecule has 0 N–H and O–H groups in total. The first-order valence-electron chi connectivity index (χ1n) is 8.98. The lowest BCUT2D eigenvalue weighted by Crippen LogP contribution is -2.50. The van der Waals surface area contributed by atoms with E-state index in [1.54, 1.807) is 0 Å². The van der Waals surface area contributed by atoms with Gasteiger partial charge in [-0.1, -0.05) is 0 Å². The number of carbonyl (C=O) groups excluding carboxylic acids is 1. The number of amides is 1. The van der Waals surface area contributed by atoms with Gasteiger partial charge < -0.3 is 14.4 Å². The second-order valence-corrected chi connectivity index (χ2v) is 7.34. The molecular weight excluding hydrogens is 324 g/mol. The van der Waals surface area contributed by atoms with E-state index in [2.05, 4.69) is 28.9 Å². The second-order valence-electron chi connectivity index (χ2n) is 7.34. The molecule has 1 amide bonds. The summed E-state index contributed by atoms with van der Waals surface area (Å²) < 4.78 is 2.13. The van der Waals surface area contributed by atoms with Crippen LogP contribution < -0.4 is 4.90 Å². The Kier molecular flexibility index (Phi) is 4.15. The van der Waals surface area contributed by atoms with Gasteiger partial charge >= 0.3 is 0 Å². The monoisotopic (exact) mass is 348 g/mol. The van der Waals surface area contributed by atoms with Crippen LogP contribution in [0.15, 0.2) is 48.8 Å². The van der Waals surface area contributed by atoms with Crippen LogP contribution in [0.4, 0.5) is 5.69 Å². The fourth-order valence-electron chi connectivity index (χ4n) is 3.69. The van der Waals surface area contributed by atoms with Crippen LogP contribution in [0.5, 0.6) is 0 Å². The smallest absolute Gasteiger partial charge is 0.253 e. The number of aromatic nitrogens is 2. The average Bonchev–Trinajstić information content (AvgIpc) is 2.99. The molecule has 0 bridgehead atoms. The van der Waals surface area contributed by atoms with E-state index in [4.69, 9.17) is 0 Å². The molecule has 1 aromatic carbocycles. The summed E-state index contributed by atoms with van der Waals surface area (Å²) in [6, 6.07) is 12.0. The SMILES string of the molecule is CN(C)c1ccc(C(=O)N2CC(Cc3nccc4ccn(C)c34)C2)cc1. The second kappa shape index (κ2) is 6.48. The number of pyridine rings is 1. The van der Waals surface area contributed by atoms with Gasteiger partial charge in [0.15, 0.2) is 0 Å². The summed E-state index contributed by atoms with van der Waals surface area (Å²) >= 11 is 0. The summed E-state index contributed by atoms with van der Waals surface area (Å²) in [5.74, 6) is 0.601. The number of carbonyl (C=O) groups is 1. The topological polar surface area (TPSA) is 41.4 Å². The minimum atomic E-state index is 0.122. The van der Waals surface area contributed by atoms with Gasteiger partial charge in [-0.2, -0.15) is 0 Å². The normalized spacial score (nSPS) is 14.5. The molecule has 0 unspecified atom stereocenters. The van der Waals surface area contributed by atoms with Gasteiger partial charge in [-0.15, -0.1) is 0 Å². The van der Waals surface area contributed by atoms with Crippen molar-refractivity contribution in [3.05, 3.63) is 60.0 Å². The standard InChI is InChI=1S/C21H24N4O/c1-23(2)18-6-4-17(5-7-18)21(26)25-13-15(14-25)12-19-20-16(8-10-22-19)9-11-24(20)3/h4-11,15H,12-14H2,1-3H3. The first-order chi connectivity index (χ1) is 12.5. The van der Waals surface area contributed by atoms with Gasteiger partial charge in [0.25, 0.3) is 5.91 Å². The molecule has 5 heteroatoms. The van der Waals surface area contributed by atoms with Crippen molar-refractivity contribution in [1.82, 2.24) is 14.5 Å². The van der Waals surface area contributed by atoms with Crippen LogP contribution >= 0.6 is 0 Å². The molecule has 26 heavy (non-hydrogen) atoms. The minimum absolute atomic E-state index is 0.122. The molecule has 0 aliphatic carbocycles. The summed E-state index contributed by atoms with van der Waals surface area (Å²) in [5, 5.41) is 1.23. The summed E-state index contributed by atoms with van der Waals surface area (Å²) in [6.07, 6.45) is 4.87. The van der Waals surface area contributed by atoms with Crippen LogP contribution in [0.2, 0.25) is 0 Å². The van der Waals surface area contributed by atoms with Gasteiger partial charge in [-0.25, -0.2) is 0 Å². The molecule has 0 radical (unpaired) electrons. The minimum Gasteiger partial charge on any atom is -0.378 e. The first kappa shape index (κ1) is 16.6. The maximum absolute atomic E-state index is 12.6. The Bertz CT molecular complexity index is 936. The lowest BCUT2D eigenvalue weighted by Gasteiger charge is -2.39. The van der Waals surface area contributed by atoms with Crippen LogP contribution in [0, 0.1) is 5.92 Å². The zero-order valence-electron chi connectivity index (χ0n) is 15.5. The van der Waals surface area contributed by atoms with E-state index in [1.165, 1.54) is 10.9 Å². The maximum Gasteiger partial charge on any atom is 0.253 e. The van der Waals surface area contributed by atoms with Crippen LogP contribution in [-0.2, 0) is 13.5 Å². The highest BCUT2D eigenvalue weighted by atomic mass is 16.2. The lowest BCUT2D eigenvalue weighted by molar-refractivity contribution is 0.0500. The largest absolute Gasteiger partial charge is 0.378 e. The Morgan fingerprint density at radius 1 is 1.15 bits per heavy atom. The van der Waals surface area contributed by atoms with E-state index in [0.717, 1.165) is 36.5 Å². The predicted octanol–water partition coefficient (Wildman–Crippen LogP) is 2.95. The van der Waals surface area contributed by atoms with E-state index in [-0.39, 0.29) is 5.91 Å². The molecular formula is C21H24N4O. The van der Waals surface area contributed by atoms with Crippen molar-refractivity contribution in [3.63, 3.8) is 0 Å². The molecule has 1 aliphatic heterocycles. The third-order valence-corrected chi connectivity index (χ3v) is 5.22. The number of nitrogens with zero attached hydrogens (tertiary/aromatic N) is 4. The molecule has 3 aromatic rings. The fourth-order valence-corrected chi connectivity index (χ4v) is 3.69. The van der Waals surface area contributed by atoms with E-state index in [1.807, 2.05) is 60.4 Å². The van der Waals surface area contributed by atoms with Crippen molar-refractivity contribution in [2.45, 2.75) is 6.42 Å². The summed E-state index contributed by atoms with van der Waals surface area (Å²) in [5.41, 5.74) is 4.19. The summed E-state index contributed by atoms with van der Waals surface area (Å²) in [4.78, 5) is 21.2. The van der Waals surface area contributed by atoms with Crippen molar-refractivity contribution in [2.24, 2.45) is 13.0 Å². The van der Waals surface area contributed by atoms with E-state index < -0.39 is 0 Å². The van der Waals surface area contributed by atoms with Gasteiger partial charge in [0.05, 0.1) is 11.2 Å². The van der Waals surface area contributed by atoms with Crippen molar-refractivity contribution < 1.29 is 4.79 Å². The summed E-state index contributed by atoms with van der Waals surface area (Å²) in [7, 11) is 6.05. The molecule has 0 saturated carbocycles. The Balaban J connectivity index is 1.40. The summed E-state index contributed by atoms with van der Waals surface area (Å²) in [6.45, 7) is 1.60. The van der Waals surface area contributed by atoms with Gasteiger partial charge in [0.2, 0.25) is 0 Å². The number of fused-ring (bicyclic) bond motifs is 1. The van der Waals surface area contributed by atoms with Gasteiger partial charge in [-0.3, -0.25) is 9.78 Å². The zero-order valence-corrected chi connectivity index (χ0v) is 15.5. The zero-order chi connectivity index (χ0) is 18.3. The van der Waals surface area contributed by atoms with Crippen molar-refractivity contribution in [2.75, 3.05) is 32.1 Å². The number of likely N-dealkylation sites (tertiary alicyclic amines) is 1. The number of aryl methyl sites for hydroxylation is 1. The molecule has 4 rings (SSSR count). The molecule has 2 aromatic heterocycles. The molecule has 0 spiro atoms. The molecule has 1 saturated heterocycles. The van der Waals surface area contributed by atoms with Crippen molar-refractivity contribution in [1.29, 1.82) is 0 Å². The quantitative estimate of drug-likeness (QED) is 0.728. The molecule has 5 nitrogen and oxygen atoms in total. The molecule has 1 aliphatic rings. The third kappa shape index (κ3) is 2.94. The fraction of sp³-hybridized carbons (Fsp3) is 0.333. The van der Waals surface area contributed by atoms with Gasteiger partial charge in [0.1, 0.15) is 0 Å². The molecule has 1 fully saturated rings. The lowest BCUT2D eigenvalue weighted by atomic mass is 9.93. The third-order valence-electron chi connectivity index (χ3n) is 5.22. The highest BCUT2D eigenvalue weighted by Gasteiger charge is 2.32. The van der Waals surface area contributed by atoms with Crippen LogP contribution in [0.25, 0.3) is 10.9 Å². The number of rotatable bonds is 4. The Morgan fingerprint density at radius 3 is 2.58 bits per heavy atom. The molecule has 134 valence electrons. The van der Waals surface area contributed by atoms with Crippen LogP contribution in [0.3, 0.4) is 0 Å². The van der Waals surface area contributed by atoms with E-state index in [0.29, 0.717) is 5.92 Å². The number of benzene rings is 1. The Hall–Kier alpha value is -2.82. The predicted molar refractivity (Wildman–Crippen MR) is 105 cm³/mol. The molecule has 0 atom stereocenters. The average molecular weight is 348 g/mol. The highest BCUT2D eigenvalue weighted by Crippen LogP contribution is 2.26. The first-order valence-corrected chi connectivity index (χ1v) is 8.98. The van der Waals surface area contributed by atoms with Crippen molar-refractivity contribution in [3.8, 4) is 0 Å². The Labute approximate surface area is 153 Å². The van der Waals surface area contributed by atoms with Gasteiger partial charge in [0, 0.05) is 63.3 Å². The number of hydrogen-bond acceptors (Lipinski definition) is 3. The highest BCUT2D eigenvalue weighted by molar-refractivity contribution is 5.95. The number of hydrogen-bond donors (Lipinski definition) is 0. The Morgan fingerprint density at radius 2 is 1.88 bits per heavy atom. The maximum atomic E-state index is 12.6.